The van der Waals surface area contributed by atoms with Crippen LogP contribution >= 0.6 is 11.3 Å². The predicted octanol–water partition coefficient (Wildman–Crippen LogP) is 3.35. The minimum absolute atomic E-state index is 0.297. The fraction of sp³-hybridized carbons (Fsp3) is 0.158. The topological polar surface area (TPSA) is 66.8 Å². The van der Waals surface area contributed by atoms with E-state index in [1.807, 2.05) is 40.5 Å². The van der Waals surface area contributed by atoms with E-state index in [2.05, 4.69) is 0 Å². The summed E-state index contributed by atoms with van der Waals surface area (Å²) >= 11 is 1.28. The Hall–Kier alpha value is -3.06. The molecule has 26 heavy (non-hydrogen) atoms. The zero-order valence-corrected chi connectivity index (χ0v) is 14.5. The number of aromatic nitrogens is 1. The van der Waals surface area contributed by atoms with Crippen LogP contribution < -0.4 is 9.47 Å². The third-order valence-electron chi connectivity index (χ3n) is 3.91. The van der Waals surface area contributed by atoms with E-state index in [1.54, 1.807) is 18.2 Å². The van der Waals surface area contributed by atoms with E-state index >= 15 is 0 Å². The van der Waals surface area contributed by atoms with Crippen molar-refractivity contribution in [2.24, 2.45) is 0 Å². The number of esters is 1. The first-order chi connectivity index (χ1) is 12.7. The fourth-order valence-corrected chi connectivity index (χ4v) is 3.43. The largest absolute Gasteiger partial charge is 0.486 e. The zero-order chi connectivity index (χ0) is 17.9. The van der Waals surface area contributed by atoms with Gasteiger partial charge in [-0.15, -0.1) is 11.3 Å². The van der Waals surface area contributed by atoms with Gasteiger partial charge in [0.1, 0.15) is 18.1 Å². The van der Waals surface area contributed by atoms with Crippen LogP contribution in [0.1, 0.15) is 20.0 Å². The van der Waals surface area contributed by atoms with Gasteiger partial charge in [-0.25, -0.2) is 4.79 Å². The summed E-state index contributed by atoms with van der Waals surface area (Å²) in [5.74, 6) is 0.324. The molecule has 0 saturated heterocycles. The quantitative estimate of drug-likeness (QED) is 0.510. The average molecular weight is 369 g/mol. The smallest absolute Gasteiger partial charge is 0.350 e. The van der Waals surface area contributed by atoms with Crippen molar-refractivity contribution < 1.29 is 23.8 Å². The summed E-state index contributed by atoms with van der Waals surface area (Å²) in [7, 11) is 0. The molecule has 0 unspecified atom stereocenters. The summed E-state index contributed by atoms with van der Waals surface area (Å²) in [6.07, 6.45) is 3.69. The standard InChI is InChI=1S/C19H15NO5S/c21-15(13-3-4-16-17(11-13)24-9-8-23-16)12-25-19(22)18-14(5-10-26-18)20-6-1-2-7-20/h1-7,10-11H,8-9,12H2. The Morgan fingerprint density at radius 1 is 1.08 bits per heavy atom. The summed E-state index contributed by atoms with van der Waals surface area (Å²) in [4.78, 5) is 25.2. The van der Waals surface area contributed by atoms with Gasteiger partial charge in [-0.3, -0.25) is 4.79 Å². The van der Waals surface area contributed by atoms with Crippen LogP contribution in [0.15, 0.2) is 54.2 Å². The van der Waals surface area contributed by atoms with Gasteiger partial charge in [0.2, 0.25) is 0 Å². The van der Waals surface area contributed by atoms with Gasteiger partial charge in [-0.05, 0) is 41.8 Å². The Balaban J connectivity index is 1.44. The number of rotatable bonds is 5. The highest BCUT2D eigenvalue weighted by atomic mass is 32.1. The van der Waals surface area contributed by atoms with Crippen molar-refractivity contribution in [3.8, 4) is 17.2 Å². The number of hydrogen-bond acceptors (Lipinski definition) is 6. The number of hydrogen-bond donors (Lipinski definition) is 0. The van der Waals surface area contributed by atoms with Gasteiger partial charge in [-0.2, -0.15) is 0 Å². The lowest BCUT2D eigenvalue weighted by Gasteiger charge is -2.18. The number of carbonyl (C=O) groups is 2. The second-order valence-electron chi connectivity index (χ2n) is 5.58. The molecule has 0 spiro atoms. The number of benzene rings is 1. The number of thiophene rings is 1. The lowest BCUT2D eigenvalue weighted by Crippen LogP contribution is -2.17. The number of carbonyl (C=O) groups excluding carboxylic acids is 2. The molecule has 1 aliphatic heterocycles. The maximum Gasteiger partial charge on any atom is 0.350 e. The van der Waals surface area contributed by atoms with Crippen molar-refractivity contribution >= 4 is 23.1 Å². The molecule has 0 atom stereocenters. The minimum Gasteiger partial charge on any atom is -0.486 e. The Bertz CT molecular complexity index is 945. The molecule has 7 heteroatoms. The lowest BCUT2D eigenvalue weighted by molar-refractivity contribution is 0.0479. The van der Waals surface area contributed by atoms with Crippen molar-refractivity contribution in [2.75, 3.05) is 19.8 Å². The lowest BCUT2D eigenvalue weighted by atomic mass is 10.1. The van der Waals surface area contributed by atoms with Crippen LogP contribution in [0.2, 0.25) is 0 Å². The van der Waals surface area contributed by atoms with E-state index in [0.29, 0.717) is 35.2 Å². The van der Waals surface area contributed by atoms with E-state index in [0.717, 1.165) is 5.69 Å². The number of nitrogens with zero attached hydrogens (tertiary/aromatic N) is 1. The van der Waals surface area contributed by atoms with Crippen molar-refractivity contribution in [3.05, 3.63) is 64.6 Å². The zero-order valence-electron chi connectivity index (χ0n) is 13.7. The highest BCUT2D eigenvalue weighted by Gasteiger charge is 2.19. The molecule has 132 valence electrons. The highest BCUT2D eigenvalue weighted by molar-refractivity contribution is 7.12. The average Bonchev–Trinajstić information content (AvgIpc) is 3.36. The first-order valence-electron chi connectivity index (χ1n) is 8.03. The van der Waals surface area contributed by atoms with Gasteiger partial charge >= 0.3 is 5.97 Å². The van der Waals surface area contributed by atoms with Crippen LogP contribution in [0.5, 0.6) is 11.5 Å². The van der Waals surface area contributed by atoms with Crippen LogP contribution in [-0.2, 0) is 4.74 Å². The van der Waals surface area contributed by atoms with Gasteiger partial charge in [0.05, 0.1) is 5.69 Å². The van der Waals surface area contributed by atoms with Crippen molar-refractivity contribution in [1.82, 2.24) is 4.57 Å². The summed E-state index contributed by atoms with van der Waals surface area (Å²) in [5.41, 5.74) is 1.15. The molecule has 3 heterocycles. The third kappa shape index (κ3) is 3.21. The van der Waals surface area contributed by atoms with E-state index in [4.69, 9.17) is 14.2 Å². The molecule has 0 radical (unpaired) electrons. The molecule has 1 aromatic carbocycles. The third-order valence-corrected chi connectivity index (χ3v) is 4.79. The van der Waals surface area contributed by atoms with Crippen LogP contribution in [0.25, 0.3) is 5.69 Å². The van der Waals surface area contributed by atoms with E-state index in [1.165, 1.54) is 11.3 Å². The number of ether oxygens (including phenoxy) is 3. The molecule has 1 aliphatic rings. The second-order valence-corrected chi connectivity index (χ2v) is 6.50. The summed E-state index contributed by atoms with van der Waals surface area (Å²) < 4.78 is 18.0. The van der Waals surface area contributed by atoms with Crippen molar-refractivity contribution in [1.29, 1.82) is 0 Å². The Kier molecular flexibility index (Phi) is 4.45. The summed E-state index contributed by atoms with van der Waals surface area (Å²) in [6.45, 7) is 0.601. The molecule has 0 amide bonds. The van der Waals surface area contributed by atoms with Crippen LogP contribution in [-0.4, -0.2) is 36.1 Å². The SMILES string of the molecule is O=C(COC(=O)c1sccc1-n1cccc1)c1ccc2c(c1)OCCO2. The minimum atomic E-state index is -0.519. The molecule has 2 aromatic heterocycles. The number of Topliss-reactive ketones (excluding diaryl/α,β-unsaturated/α-hetero) is 1. The Morgan fingerprint density at radius 3 is 2.65 bits per heavy atom. The fourth-order valence-electron chi connectivity index (χ4n) is 2.65. The number of fused-ring (bicyclic) bond motifs is 1. The summed E-state index contributed by atoms with van der Waals surface area (Å²) in [6, 6.07) is 10.5. The first kappa shape index (κ1) is 16.4. The van der Waals surface area contributed by atoms with Crippen LogP contribution in [0, 0.1) is 0 Å². The molecule has 0 N–H and O–H groups in total. The van der Waals surface area contributed by atoms with Crippen LogP contribution in [0.4, 0.5) is 0 Å². The maximum absolute atomic E-state index is 12.4. The number of ketones is 1. The molecule has 0 saturated carbocycles. The molecule has 4 rings (SSSR count). The predicted molar refractivity (Wildman–Crippen MR) is 95.7 cm³/mol. The molecule has 0 fully saturated rings. The molecular formula is C19H15NO5S. The van der Waals surface area contributed by atoms with E-state index in [-0.39, 0.29) is 12.4 Å². The van der Waals surface area contributed by atoms with Gasteiger partial charge in [0.25, 0.3) is 0 Å². The van der Waals surface area contributed by atoms with Gasteiger partial charge < -0.3 is 18.8 Å². The van der Waals surface area contributed by atoms with Gasteiger partial charge in [-0.1, -0.05) is 0 Å². The Morgan fingerprint density at radius 2 is 1.85 bits per heavy atom. The van der Waals surface area contributed by atoms with Gasteiger partial charge in [0.15, 0.2) is 23.9 Å². The van der Waals surface area contributed by atoms with Crippen molar-refractivity contribution in [2.45, 2.75) is 0 Å². The molecule has 0 bridgehead atoms. The summed E-state index contributed by atoms with van der Waals surface area (Å²) in [5, 5.41) is 1.81. The Labute approximate surface area is 153 Å². The van der Waals surface area contributed by atoms with E-state index < -0.39 is 5.97 Å². The second kappa shape index (κ2) is 7.05. The van der Waals surface area contributed by atoms with E-state index in [9.17, 15) is 9.59 Å². The molecule has 6 nitrogen and oxygen atoms in total. The molecule has 0 aliphatic carbocycles. The molecular weight excluding hydrogens is 354 g/mol. The maximum atomic E-state index is 12.4. The van der Waals surface area contributed by atoms with Crippen LogP contribution in [0.3, 0.4) is 0 Å². The highest BCUT2D eigenvalue weighted by Crippen LogP contribution is 2.31. The molecule has 3 aromatic rings. The monoisotopic (exact) mass is 369 g/mol. The normalized spacial score (nSPS) is 12.6. The first-order valence-corrected chi connectivity index (χ1v) is 8.91. The van der Waals surface area contributed by atoms with Crippen molar-refractivity contribution in [3.63, 3.8) is 0 Å². The van der Waals surface area contributed by atoms with Gasteiger partial charge in [0, 0.05) is 18.0 Å².